The summed E-state index contributed by atoms with van der Waals surface area (Å²) in [4.78, 5) is 34.3. The third kappa shape index (κ3) is 4.75. The Balaban J connectivity index is 2.83. The minimum atomic E-state index is -1.13. The Hall–Kier alpha value is -2.09. The molecule has 0 aliphatic heterocycles. The van der Waals surface area contributed by atoms with Gasteiger partial charge in [-0.1, -0.05) is 20.8 Å². The molecule has 1 aromatic heterocycles. The maximum absolute atomic E-state index is 11.4. The molecule has 0 unspecified atom stereocenters. The number of carbonyl (C=O) groups excluding carboxylic acids is 2. The number of amides is 2. The van der Waals surface area contributed by atoms with Gasteiger partial charge in [0.15, 0.2) is 11.5 Å². The fourth-order valence-corrected chi connectivity index (χ4v) is 2.34. The lowest BCUT2D eigenvalue weighted by molar-refractivity contribution is -0.122. The second kappa shape index (κ2) is 6.57. The standard InChI is InChI=1S/C13H17NO6S/c1-13(2,3)8-5-7(10(21-8)11(16)17)20-6-9(15)14-12(18)19-4/h5H,6H2,1-4H3,(H,16,17)(H,14,15,18). The molecule has 2 N–H and O–H groups in total. The lowest BCUT2D eigenvalue weighted by Crippen LogP contribution is -2.34. The number of carbonyl (C=O) groups is 3. The predicted octanol–water partition coefficient (Wildman–Crippen LogP) is 2.01. The molecule has 0 fully saturated rings. The first kappa shape index (κ1) is 17.0. The molecule has 0 aromatic carbocycles. The average Bonchev–Trinajstić information content (AvgIpc) is 2.80. The van der Waals surface area contributed by atoms with Crippen molar-refractivity contribution in [3.63, 3.8) is 0 Å². The van der Waals surface area contributed by atoms with Gasteiger partial charge in [0.25, 0.3) is 5.91 Å². The number of carboxylic acid groups (broad SMARTS) is 1. The van der Waals surface area contributed by atoms with Gasteiger partial charge < -0.3 is 14.6 Å². The van der Waals surface area contributed by atoms with Crippen molar-refractivity contribution in [1.29, 1.82) is 0 Å². The second-order valence-electron chi connectivity index (χ2n) is 5.19. The number of imide groups is 1. The van der Waals surface area contributed by atoms with Gasteiger partial charge in [-0.25, -0.2) is 9.59 Å². The molecule has 0 radical (unpaired) electrons. The van der Waals surface area contributed by atoms with Crippen LogP contribution in [0, 0.1) is 0 Å². The van der Waals surface area contributed by atoms with E-state index < -0.39 is 24.6 Å². The van der Waals surface area contributed by atoms with Gasteiger partial charge in [0, 0.05) is 4.88 Å². The molecule has 7 nitrogen and oxygen atoms in total. The first-order chi connectivity index (χ1) is 9.65. The average molecular weight is 315 g/mol. The topological polar surface area (TPSA) is 102 Å². The smallest absolute Gasteiger partial charge is 0.413 e. The SMILES string of the molecule is COC(=O)NC(=O)COc1cc(C(C)(C)C)sc1C(=O)O. The number of carboxylic acids is 1. The van der Waals surface area contributed by atoms with Crippen LogP contribution in [0.5, 0.6) is 5.75 Å². The van der Waals surface area contributed by atoms with Crippen LogP contribution in [0.25, 0.3) is 0 Å². The monoisotopic (exact) mass is 315 g/mol. The number of methoxy groups -OCH3 is 1. The number of aromatic carboxylic acids is 1. The summed E-state index contributed by atoms with van der Waals surface area (Å²) in [7, 11) is 1.13. The van der Waals surface area contributed by atoms with E-state index in [9.17, 15) is 14.4 Å². The molecular weight excluding hydrogens is 298 g/mol. The van der Waals surface area contributed by atoms with Crippen LogP contribution in [0.1, 0.15) is 35.3 Å². The van der Waals surface area contributed by atoms with E-state index >= 15 is 0 Å². The summed E-state index contributed by atoms with van der Waals surface area (Å²) in [5.74, 6) is -1.74. The quantitative estimate of drug-likeness (QED) is 0.881. The van der Waals surface area contributed by atoms with Gasteiger partial charge in [-0.3, -0.25) is 10.1 Å². The van der Waals surface area contributed by atoms with Crippen molar-refractivity contribution in [3.05, 3.63) is 15.8 Å². The number of rotatable bonds is 4. The van der Waals surface area contributed by atoms with E-state index in [4.69, 9.17) is 9.84 Å². The van der Waals surface area contributed by atoms with Gasteiger partial charge in [-0.2, -0.15) is 0 Å². The molecule has 0 aliphatic rings. The number of alkyl carbamates (subject to hydrolysis) is 1. The Morgan fingerprint density at radius 1 is 1.33 bits per heavy atom. The summed E-state index contributed by atoms with van der Waals surface area (Å²) in [5.41, 5.74) is -0.231. The van der Waals surface area contributed by atoms with Crippen LogP contribution in [-0.2, 0) is 14.9 Å². The summed E-state index contributed by atoms with van der Waals surface area (Å²) >= 11 is 1.10. The zero-order valence-corrected chi connectivity index (χ0v) is 13.0. The highest BCUT2D eigenvalue weighted by molar-refractivity contribution is 7.14. The minimum Gasteiger partial charge on any atom is -0.482 e. The zero-order valence-electron chi connectivity index (χ0n) is 12.2. The van der Waals surface area contributed by atoms with Gasteiger partial charge in [-0.05, 0) is 11.5 Å². The van der Waals surface area contributed by atoms with Crippen LogP contribution in [0.3, 0.4) is 0 Å². The zero-order chi connectivity index (χ0) is 16.2. The van der Waals surface area contributed by atoms with Crippen molar-refractivity contribution in [2.24, 2.45) is 0 Å². The lowest BCUT2D eigenvalue weighted by atomic mass is 9.95. The van der Waals surface area contributed by atoms with E-state index in [0.29, 0.717) is 0 Å². The fourth-order valence-electron chi connectivity index (χ4n) is 1.34. The van der Waals surface area contributed by atoms with Crippen molar-refractivity contribution in [2.45, 2.75) is 26.2 Å². The van der Waals surface area contributed by atoms with Crippen molar-refractivity contribution in [1.82, 2.24) is 5.32 Å². The molecule has 0 saturated carbocycles. The first-order valence-corrected chi connectivity index (χ1v) is 6.85. The van der Waals surface area contributed by atoms with Gasteiger partial charge >= 0.3 is 12.1 Å². The molecule has 8 heteroatoms. The molecule has 2 amide bonds. The number of hydrogen-bond acceptors (Lipinski definition) is 6. The molecule has 1 heterocycles. The largest absolute Gasteiger partial charge is 0.482 e. The summed E-state index contributed by atoms with van der Waals surface area (Å²) < 4.78 is 9.46. The summed E-state index contributed by atoms with van der Waals surface area (Å²) in [6.45, 7) is 5.35. The molecule has 0 aliphatic carbocycles. The lowest BCUT2D eigenvalue weighted by Gasteiger charge is -2.14. The van der Waals surface area contributed by atoms with Gasteiger partial charge in [-0.15, -0.1) is 11.3 Å². The van der Waals surface area contributed by atoms with Crippen LogP contribution in [0.15, 0.2) is 6.07 Å². The van der Waals surface area contributed by atoms with Crippen LogP contribution in [0.4, 0.5) is 4.79 Å². The Bertz CT molecular complexity index is 557. The number of ether oxygens (including phenoxy) is 2. The Kier molecular flexibility index (Phi) is 5.31. The number of hydrogen-bond donors (Lipinski definition) is 2. The Morgan fingerprint density at radius 3 is 2.43 bits per heavy atom. The van der Waals surface area contributed by atoms with Crippen molar-refractivity contribution in [2.75, 3.05) is 13.7 Å². The fraction of sp³-hybridized carbons (Fsp3) is 0.462. The van der Waals surface area contributed by atoms with E-state index in [1.165, 1.54) is 0 Å². The summed E-state index contributed by atoms with van der Waals surface area (Å²) in [6.07, 6.45) is -0.900. The van der Waals surface area contributed by atoms with Crippen LogP contribution >= 0.6 is 11.3 Å². The molecular formula is C13H17NO6S. The molecule has 0 atom stereocenters. The van der Waals surface area contributed by atoms with Gasteiger partial charge in [0.05, 0.1) is 7.11 Å². The van der Waals surface area contributed by atoms with Gasteiger partial charge in [0.2, 0.25) is 0 Å². The summed E-state index contributed by atoms with van der Waals surface area (Å²) in [5, 5.41) is 11.1. The maximum atomic E-state index is 11.4. The second-order valence-corrected chi connectivity index (χ2v) is 6.24. The van der Waals surface area contributed by atoms with Crippen LogP contribution < -0.4 is 10.1 Å². The number of thiophene rings is 1. The van der Waals surface area contributed by atoms with Crippen LogP contribution in [0.2, 0.25) is 0 Å². The van der Waals surface area contributed by atoms with E-state index in [1.54, 1.807) is 6.07 Å². The van der Waals surface area contributed by atoms with E-state index in [-0.39, 0.29) is 16.0 Å². The number of nitrogens with one attached hydrogen (secondary N) is 1. The van der Waals surface area contributed by atoms with Crippen molar-refractivity contribution in [3.8, 4) is 5.75 Å². The first-order valence-electron chi connectivity index (χ1n) is 6.03. The van der Waals surface area contributed by atoms with Crippen molar-refractivity contribution < 1.29 is 29.0 Å². The van der Waals surface area contributed by atoms with E-state index in [0.717, 1.165) is 23.3 Å². The molecule has 0 saturated heterocycles. The van der Waals surface area contributed by atoms with Crippen LogP contribution in [-0.4, -0.2) is 36.8 Å². The highest BCUT2D eigenvalue weighted by atomic mass is 32.1. The Labute approximate surface area is 125 Å². The summed E-state index contributed by atoms with van der Waals surface area (Å²) in [6, 6.07) is 1.60. The molecule has 0 spiro atoms. The minimum absolute atomic E-state index is 0.0193. The van der Waals surface area contributed by atoms with E-state index in [2.05, 4.69) is 4.74 Å². The molecule has 1 rings (SSSR count). The third-order valence-corrected chi connectivity index (χ3v) is 3.95. The third-order valence-electron chi connectivity index (χ3n) is 2.42. The molecule has 0 bridgehead atoms. The highest BCUT2D eigenvalue weighted by Crippen LogP contribution is 2.36. The molecule has 116 valence electrons. The predicted molar refractivity (Wildman–Crippen MR) is 76.0 cm³/mol. The van der Waals surface area contributed by atoms with Crippen molar-refractivity contribution >= 4 is 29.3 Å². The maximum Gasteiger partial charge on any atom is 0.413 e. The highest BCUT2D eigenvalue weighted by Gasteiger charge is 2.24. The Morgan fingerprint density at radius 2 is 1.95 bits per heavy atom. The van der Waals surface area contributed by atoms with Gasteiger partial charge in [0.1, 0.15) is 5.75 Å². The normalized spacial score (nSPS) is 10.9. The molecule has 1 aromatic rings. The van der Waals surface area contributed by atoms with E-state index in [1.807, 2.05) is 26.1 Å². The molecule has 21 heavy (non-hydrogen) atoms.